The van der Waals surface area contributed by atoms with Crippen molar-refractivity contribution < 1.29 is 9.53 Å². The van der Waals surface area contributed by atoms with Crippen LogP contribution in [0, 0.1) is 6.92 Å². The number of rotatable bonds is 5. The van der Waals surface area contributed by atoms with Crippen molar-refractivity contribution in [1.82, 2.24) is 14.9 Å². The number of aromatic nitrogens is 2. The number of nitrogens with zero attached hydrogens (tertiary/aromatic N) is 3. The molecule has 1 atom stereocenters. The summed E-state index contributed by atoms with van der Waals surface area (Å²) in [6.07, 6.45) is 1.52. The smallest absolute Gasteiger partial charge is 0.222 e. The van der Waals surface area contributed by atoms with Crippen LogP contribution >= 0.6 is 0 Å². The van der Waals surface area contributed by atoms with Crippen LogP contribution in [-0.4, -0.2) is 47.0 Å². The van der Waals surface area contributed by atoms with E-state index in [1.54, 1.807) is 7.11 Å². The van der Waals surface area contributed by atoms with Gasteiger partial charge in [0.05, 0.1) is 0 Å². The van der Waals surface area contributed by atoms with E-state index in [-0.39, 0.29) is 11.9 Å². The van der Waals surface area contributed by atoms with Gasteiger partial charge in [0.15, 0.2) is 5.82 Å². The van der Waals surface area contributed by atoms with Crippen molar-refractivity contribution in [2.75, 3.05) is 25.5 Å². The number of likely N-dealkylation sites (tertiary alicyclic amines) is 1. The quantitative estimate of drug-likeness (QED) is 0.880. The predicted molar refractivity (Wildman–Crippen MR) is 76.4 cm³/mol. The summed E-state index contributed by atoms with van der Waals surface area (Å²) in [4.78, 5) is 22.3. The van der Waals surface area contributed by atoms with Crippen molar-refractivity contribution in [1.29, 1.82) is 0 Å². The number of aryl methyl sites for hydroxylation is 1. The lowest BCUT2D eigenvalue weighted by Gasteiger charge is -2.17. The molecule has 1 N–H and O–H groups in total. The molecule has 1 amide bonds. The van der Waals surface area contributed by atoms with Gasteiger partial charge in [-0.2, -0.15) is 0 Å². The summed E-state index contributed by atoms with van der Waals surface area (Å²) in [6.45, 7) is 5.80. The molecular weight excluding hydrogens is 256 g/mol. The number of nitrogens with one attached hydrogen (secondary N) is 1. The van der Waals surface area contributed by atoms with Gasteiger partial charge in [0.25, 0.3) is 0 Å². The Labute approximate surface area is 119 Å². The van der Waals surface area contributed by atoms with Gasteiger partial charge in [0.2, 0.25) is 5.91 Å². The van der Waals surface area contributed by atoms with Crippen LogP contribution in [0.4, 0.5) is 5.82 Å². The lowest BCUT2D eigenvalue weighted by atomic mass is 10.2. The highest BCUT2D eigenvalue weighted by atomic mass is 16.5. The van der Waals surface area contributed by atoms with E-state index >= 15 is 0 Å². The van der Waals surface area contributed by atoms with Gasteiger partial charge in [-0.3, -0.25) is 4.79 Å². The molecule has 1 aliphatic heterocycles. The molecule has 1 aliphatic rings. The molecule has 0 radical (unpaired) electrons. The van der Waals surface area contributed by atoms with Crippen LogP contribution in [0.1, 0.15) is 31.3 Å². The fraction of sp³-hybridized carbons (Fsp3) is 0.643. The number of amides is 1. The van der Waals surface area contributed by atoms with E-state index in [1.165, 1.54) is 0 Å². The largest absolute Gasteiger partial charge is 0.377 e. The van der Waals surface area contributed by atoms with E-state index in [4.69, 9.17) is 4.74 Å². The normalized spacial score (nSPS) is 18.4. The molecule has 1 aromatic rings. The summed E-state index contributed by atoms with van der Waals surface area (Å²) in [5, 5.41) is 3.39. The minimum Gasteiger partial charge on any atom is -0.377 e. The summed E-state index contributed by atoms with van der Waals surface area (Å²) >= 11 is 0. The summed E-state index contributed by atoms with van der Waals surface area (Å²) in [5.74, 6) is 1.70. The first-order chi connectivity index (χ1) is 9.62. The van der Waals surface area contributed by atoms with Crippen molar-refractivity contribution in [3.05, 3.63) is 17.6 Å². The van der Waals surface area contributed by atoms with Crippen LogP contribution in [0.15, 0.2) is 6.07 Å². The minimum atomic E-state index is 0.216. The summed E-state index contributed by atoms with van der Waals surface area (Å²) in [6, 6.07) is 2.18. The third-order valence-electron chi connectivity index (χ3n) is 3.37. The SMILES string of the molecule is CCC(=O)N1CCC(Nc2cc(C)nc(COC)n2)C1. The summed E-state index contributed by atoms with van der Waals surface area (Å²) in [5.41, 5.74) is 0.911. The van der Waals surface area contributed by atoms with Crippen molar-refractivity contribution in [2.24, 2.45) is 0 Å². The molecule has 20 heavy (non-hydrogen) atoms. The number of hydrogen-bond acceptors (Lipinski definition) is 5. The zero-order chi connectivity index (χ0) is 14.5. The fourth-order valence-electron chi connectivity index (χ4n) is 2.43. The minimum absolute atomic E-state index is 0.216. The van der Waals surface area contributed by atoms with Gasteiger partial charge in [0.1, 0.15) is 12.4 Å². The third kappa shape index (κ3) is 3.66. The van der Waals surface area contributed by atoms with Gasteiger partial charge in [0, 0.05) is 44.4 Å². The number of methoxy groups -OCH3 is 1. The van der Waals surface area contributed by atoms with Gasteiger partial charge in [-0.25, -0.2) is 9.97 Å². The van der Waals surface area contributed by atoms with Gasteiger partial charge in [-0.15, -0.1) is 0 Å². The molecule has 1 unspecified atom stereocenters. The Bertz CT molecular complexity index is 478. The number of hydrogen-bond donors (Lipinski definition) is 1. The standard InChI is InChI=1S/C14H22N4O2/c1-4-14(19)18-6-5-11(8-18)16-12-7-10(2)15-13(17-12)9-20-3/h7,11H,4-6,8-9H2,1-3H3,(H,15,16,17). The maximum atomic E-state index is 11.7. The predicted octanol–water partition coefficient (Wildman–Crippen LogP) is 1.35. The Kier molecular flexibility index (Phi) is 4.89. The van der Waals surface area contributed by atoms with Crippen LogP contribution in [-0.2, 0) is 16.1 Å². The Morgan fingerprint density at radius 1 is 1.55 bits per heavy atom. The Morgan fingerprint density at radius 2 is 2.35 bits per heavy atom. The molecule has 0 aliphatic carbocycles. The molecule has 0 spiro atoms. The molecule has 0 aromatic carbocycles. The Morgan fingerprint density at radius 3 is 3.05 bits per heavy atom. The van der Waals surface area contributed by atoms with Crippen molar-refractivity contribution in [3.8, 4) is 0 Å². The molecule has 1 fully saturated rings. The van der Waals surface area contributed by atoms with Gasteiger partial charge < -0.3 is 15.0 Å². The number of carbonyl (C=O) groups excluding carboxylic acids is 1. The maximum absolute atomic E-state index is 11.7. The monoisotopic (exact) mass is 278 g/mol. The highest BCUT2D eigenvalue weighted by Gasteiger charge is 2.25. The van der Waals surface area contributed by atoms with Crippen molar-refractivity contribution >= 4 is 11.7 Å². The molecule has 110 valence electrons. The molecule has 2 heterocycles. The van der Waals surface area contributed by atoms with Crippen LogP contribution < -0.4 is 5.32 Å². The Balaban J connectivity index is 1.98. The molecule has 6 nitrogen and oxygen atoms in total. The highest BCUT2D eigenvalue weighted by Crippen LogP contribution is 2.16. The van der Waals surface area contributed by atoms with Crippen LogP contribution in [0.3, 0.4) is 0 Å². The average Bonchev–Trinajstić information content (AvgIpc) is 2.86. The number of ether oxygens (including phenoxy) is 1. The molecule has 1 saturated heterocycles. The first-order valence-electron chi connectivity index (χ1n) is 7.00. The zero-order valence-electron chi connectivity index (χ0n) is 12.3. The molecule has 1 aromatic heterocycles. The van der Waals surface area contributed by atoms with Crippen LogP contribution in [0.25, 0.3) is 0 Å². The maximum Gasteiger partial charge on any atom is 0.222 e. The molecule has 0 saturated carbocycles. The second-order valence-corrected chi connectivity index (χ2v) is 5.07. The number of anilines is 1. The second kappa shape index (κ2) is 6.65. The van der Waals surface area contributed by atoms with E-state index in [2.05, 4.69) is 15.3 Å². The van der Waals surface area contributed by atoms with E-state index in [0.717, 1.165) is 31.0 Å². The van der Waals surface area contributed by atoms with Crippen molar-refractivity contribution in [2.45, 2.75) is 39.3 Å². The lowest BCUT2D eigenvalue weighted by molar-refractivity contribution is -0.129. The topological polar surface area (TPSA) is 67.4 Å². The molecular formula is C14H22N4O2. The second-order valence-electron chi connectivity index (χ2n) is 5.07. The van der Waals surface area contributed by atoms with E-state index < -0.39 is 0 Å². The first-order valence-corrected chi connectivity index (χ1v) is 7.00. The van der Waals surface area contributed by atoms with E-state index in [1.807, 2.05) is 24.8 Å². The van der Waals surface area contributed by atoms with Crippen molar-refractivity contribution in [3.63, 3.8) is 0 Å². The first kappa shape index (κ1) is 14.7. The van der Waals surface area contributed by atoms with Gasteiger partial charge in [-0.05, 0) is 13.3 Å². The van der Waals surface area contributed by atoms with Crippen LogP contribution in [0.2, 0.25) is 0 Å². The van der Waals surface area contributed by atoms with E-state index in [0.29, 0.717) is 18.9 Å². The summed E-state index contributed by atoms with van der Waals surface area (Å²) < 4.78 is 5.07. The van der Waals surface area contributed by atoms with Gasteiger partial charge in [-0.1, -0.05) is 6.92 Å². The fourth-order valence-corrected chi connectivity index (χ4v) is 2.43. The third-order valence-corrected chi connectivity index (χ3v) is 3.37. The average molecular weight is 278 g/mol. The zero-order valence-corrected chi connectivity index (χ0v) is 12.3. The lowest BCUT2D eigenvalue weighted by Crippen LogP contribution is -2.31. The highest BCUT2D eigenvalue weighted by molar-refractivity contribution is 5.76. The van der Waals surface area contributed by atoms with E-state index in [9.17, 15) is 4.79 Å². The molecule has 2 rings (SSSR count). The molecule has 6 heteroatoms. The number of carbonyl (C=O) groups is 1. The summed E-state index contributed by atoms with van der Waals surface area (Å²) in [7, 11) is 1.63. The molecule has 0 bridgehead atoms. The Hall–Kier alpha value is -1.69. The van der Waals surface area contributed by atoms with Gasteiger partial charge >= 0.3 is 0 Å². The van der Waals surface area contributed by atoms with Crippen LogP contribution in [0.5, 0.6) is 0 Å².